The Morgan fingerprint density at radius 2 is 1.62 bits per heavy atom. The summed E-state index contributed by atoms with van der Waals surface area (Å²) < 4.78 is 1.73. The summed E-state index contributed by atoms with van der Waals surface area (Å²) in [6.07, 6.45) is 3.50. The molecule has 128 valence electrons. The number of benzene rings is 1. The normalized spacial score (nSPS) is 11.0. The van der Waals surface area contributed by atoms with Gasteiger partial charge in [-0.05, 0) is 18.2 Å². The average molecular weight is 342 g/mol. The van der Waals surface area contributed by atoms with E-state index in [1.54, 1.807) is 17.1 Å². The van der Waals surface area contributed by atoms with Crippen LogP contribution < -0.4 is 0 Å². The van der Waals surface area contributed by atoms with Crippen molar-refractivity contribution >= 4 is 0 Å². The van der Waals surface area contributed by atoms with E-state index in [9.17, 15) is 0 Å². The third kappa shape index (κ3) is 3.09. The van der Waals surface area contributed by atoms with E-state index in [0.29, 0.717) is 17.5 Å². The molecule has 3 heterocycles. The summed E-state index contributed by atoms with van der Waals surface area (Å²) in [4.78, 5) is 18.2. The van der Waals surface area contributed by atoms with E-state index in [0.717, 1.165) is 17.1 Å². The maximum Gasteiger partial charge on any atom is 0.184 e. The SMILES string of the molecule is CC(C)c1nccc(-c2nc(-c3ccccc3)nn2-c2ccccn2)n1. The number of rotatable bonds is 4. The van der Waals surface area contributed by atoms with Crippen molar-refractivity contribution in [1.29, 1.82) is 0 Å². The first kappa shape index (κ1) is 16.1. The highest BCUT2D eigenvalue weighted by Gasteiger charge is 2.17. The fourth-order valence-electron chi connectivity index (χ4n) is 2.60. The minimum atomic E-state index is 0.231. The quantitative estimate of drug-likeness (QED) is 0.562. The largest absolute Gasteiger partial charge is 0.241 e. The Kier molecular flexibility index (Phi) is 4.23. The van der Waals surface area contributed by atoms with Crippen LogP contribution in [0.1, 0.15) is 25.6 Å². The van der Waals surface area contributed by atoms with Gasteiger partial charge in [0, 0.05) is 23.9 Å². The van der Waals surface area contributed by atoms with E-state index >= 15 is 0 Å². The van der Waals surface area contributed by atoms with Gasteiger partial charge in [0.15, 0.2) is 17.5 Å². The van der Waals surface area contributed by atoms with Crippen LogP contribution in [0.3, 0.4) is 0 Å². The summed E-state index contributed by atoms with van der Waals surface area (Å²) in [5.74, 6) is 2.99. The highest BCUT2D eigenvalue weighted by Crippen LogP contribution is 2.24. The zero-order valence-electron chi connectivity index (χ0n) is 14.6. The lowest BCUT2D eigenvalue weighted by molar-refractivity contribution is 0.771. The lowest BCUT2D eigenvalue weighted by Crippen LogP contribution is -2.05. The van der Waals surface area contributed by atoms with Crippen LogP contribution in [-0.2, 0) is 0 Å². The predicted octanol–water partition coefficient (Wildman–Crippen LogP) is 3.91. The minimum Gasteiger partial charge on any atom is -0.241 e. The molecular weight excluding hydrogens is 324 g/mol. The zero-order chi connectivity index (χ0) is 17.9. The summed E-state index contributed by atoms with van der Waals surface area (Å²) in [7, 11) is 0. The molecule has 0 unspecified atom stereocenters. The van der Waals surface area contributed by atoms with Crippen LogP contribution in [0.5, 0.6) is 0 Å². The first-order chi connectivity index (χ1) is 12.7. The summed E-state index contributed by atoms with van der Waals surface area (Å²) in [5.41, 5.74) is 1.67. The fourth-order valence-corrected chi connectivity index (χ4v) is 2.60. The van der Waals surface area contributed by atoms with Crippen LogP contribution in [0.15, 0.2) is 67.0 Å². The Labute approximate surface area is 151 Å². The van der Waals surface area contributed by atoms with Crippen LogP contribution in [0, 0.1) is 0 Å². The molecule has 6 heteroatoms. The van der Waals surface area contributed by atoms with Gasteiger partial charge >= 0.3 is 0 Å². The van der Waals surface area contributed by atoms with E-state index in [1.165, 1.54) is 0 Å². The van der Waals surface area contributed by atoms with Crippen LogP contribution in [0.4, 0.5) is 0 Å². The van der Waals surface area contributed by atoms with Crippen LogP contribution >= 0.6 is 0 Å². The maximum absolute atomic E-state index is 4.75. The number of aromatic nitrogens is 6. The molecule has 0 atom stereocenters. The van der Waals surface area contributed by atoms with Crippen molar-refractivity contribution in [3.63, 3.8) is 0 Å². The minimum absolute atomic E-state index is 0.231. The second-order valence-corrected chi connectivity index (χ2v) is 6.18. The first-order valence-corrected chi connectivity index (χ1v) is 8.49. The molecule has 0 aliphatic rings. The van der Waals surface area contributed by atoms with Gasteiger partial charge in [0.05, 0.1) is 0 Å². The molecule has 0 aliphatic heterocycles. The van der Waals surface area contributed by atoms with Gasteiger partial charge < -0.3 is 0 Å². The van der Waals surface area contributed by atoms with Gasteiger partial charge in [0.25, 0.3) is 0 Å². The lowest BCUT2D eigenvalue weighted by atomic mass is 10.2. The number of hydrogen-bond donors (Lipinski definition) is 0. The smallest absolute Gasteiger partial charge is 0.184 e. The van der Waals surface area contributed by atoms with Gasteiger partial charge in [-0.3, -0.25) is 0 Å². The Morgan fingerprint density at radius 1 is 0.808 bits per heavy atom. The second kappa shape index (κ2) is 6.84. The molecular formula is C20H18N6. The Bertz CT molecular complexity index is 1010. The fraction of sp³-hybridized carbons (Fsp3) is 0.150. The van der Waals surface area contributed by atoms with Gasteiger partial charge in [0.1, 0.15) is 11.5 Å². The highest BCUT2D eigenvalue weighted by molar-refractivity contribution is 5.60. The van der Waals surface area contributed by atoms with E-state index in [1.807, 2.05) is 54.6 Å². The van der Waals surface area contributed by atoms with E-state index < -0.39 is 0 Å². The molecule has 0 saturated heterocycles. The van der Waals surface area contributed by atoms with Gasteiger partial charge in [-0.15, -0.1) is 5.10 Å². The summed E-state index contributed by atoms with van der Waals surface area (Å²) in [5, 5.41) is 4.68. The van der Waals surface area contributed by atoms with Gasteiger partial charge in [-0.25, -0.2) is 19.9 Å². The van der Waals surface area contributed by atoms with Gasteiger partial charge in [-0.1, -0.05) is 50.2 Å². The van der Waals surface area contributed by atoms with Crippen LogP contribution in [-0.4, -0.2) is 29.7 Å². The summed E-state index contributed by atoms with van der Waals surface area (Å²) in [6, 6.07) is 17.4. The molecule has 4 aromatic rings. The average Bonchev–Trinajstić information content (AvgIpc) is 3.15. The molecule has 26 heavy (non-hydrogen) atoms. The third-order valence-electron chi connectivity index (χ3n) is 3.93. The van der Waals surface area contributed by atoms with Crippen molar-refractivity contribution in [2.45, 2.75) is 19.8 Å². The number of pyridine rings is 1. The Hall–Kier alpha value is -3.41. The van der Waals surface area contributed by atoms with E-state index in [4.69, 9.17) is 4.98 Å². The molecule has 0 aliphatic carbocycles. The first-order valence-electron chi connectivity index (χ1n) is 8.49. The monoisotopic (exact) mass is 342 g/mol. The molecule has 0 N–H and O–H groups in total. The van der Waals surface area contributed by atoms with Crippen molar-refractivity contribution < 1.29 is 0 Å². The van der Waals surface area contributed by atoms with Crippen molar-refractivity contribution in [3.05, 3.63) is 72.8 Å². The zero-order valence-corrected chi connectivity index (χ0v) is 14.6. The second-order valence-electron chi connectivity index (χ2n) is 6.18. The van der Waals surface area contributed by atoms with Crippen molar-refractivity contribution in [1.82, 2.24) is 29.7 Å². The lowest BCUT2D eigenvalue weighted by Gasteiger charge is -2.07. The van der Waals surface area contributed by atoms with Crippen molar-refractivity contribution in [3.8, 4) is 28.7 Å². The molecule has 3 aromatic heterocycles. The molecule has 0 radical (unpaired) electrons. The van der Waals surface area contributed by atoms with Crippen LogP contribution in [0.2, 0.25) is 0 Å². The summed E-state index contributed by atoms with van der Waals surface area (Å²) in [6.45, 7) is 4.13. The highest BCUT2D eigenvalue weighted by atomic mass is 15.4. The van der Waals surface area contributed by atoms with Crippen LogP contribution in [0.25, 0.3) is 28.7 Å². The third-order valence-corrected chi connectivity index (χ3v) is 3.93. The Balaban J connectivity index is 1.90. The number of hydrogen-bond acceptors (Lipinski definition) is 5. The predicted molar refractivity (Wildman–Crippen MR) is 99.7 cm³/mol. The maximum atomic E-state index is 4.75. The van der Waals surface area contributed by atoms with E-state index in [-0.39, 0.29) is 5.92 Å². The molecule has 0 saturated carbocycles. The molecule has 0 amide bonds. The molecule has 6 nitrogen and oxygen atoms in total. The summed E-state index contributed by atoms with van der Waals surface area (Å²) >= 11 is 0. The molecule has 0 bridgehead atoms. The Morgan fingerprint density at radius 3 is 2.35 bits per heavy atom. The van der Waals surface area contributed by atoms with Crippen molar-refractivity contribution in [2.75, 3.05) is 0 Å². The molecule has 0 spiro atoms. The standard InChI is InChI=1S/C20H18N6/c1-14(2)18-22-13-11-16(23-18)20-24-19(15-8-4-3-5-9-15)25-26(20)17-10-6-7-12-21-17/h3-14H,1-2H3. The molecule has 1 aromatic carbocycles. The van der Waals surface area contributed by atoms with Gasteiger partial charge in [-0.2, -0.15) is 4.68 Å². The van der Waals surface area contributed by atoms with Gasteiger partial charge in [0.2, 0.25) is 0 Å². The molecule has 0 fully saturated rings. The topological polar surface area (TPSA) is 69.4 Å². The van der Waals surface area contributed by atoms with Crippen molar-refractivity contribution in [2.24, 2.45) is 0 Å². The van der Waals surface area contributed by atoms with E-state index in [2.05, 4.69) is 33.9 Å². The molecule has 4 rings (SSSR count). The number of nitrogens with zero attached hydrogens (tertiary/aromatic N) is 6.